The molecule has 2 heterocycles. The third kappa shape index (κ3) is 3.35. The summed E-state index contributed by atoms with van der Waals surface area (Å²) < 4.78 is 12.0. The van der Waals surface area contributed by atoms with Gasteiger partial charge in [0.15, 0.2) is 11.0 Å². The monoisotopic (exact) mass is 343 g/mol. The molecule has 0 radical (unpaired) electrons. The number of furan rings is 1. The zero-order valence-electron chi connectivity index (χ0n) is 13.6. The van der Waals surface area contributed by atoms with Gasteiger partial charge in [-0.1, -0.05) is 41.6 Å². The van der Waals surface area contributed by atoms with Crippen LogP contribution in [0.15, 0.2) is 46.0 Å². The Labute approximate surface area is 143 Å². The lowest BCUT2D eigenvalue weighted by Gasteiger charge is -2.03. The Morgan fingerprint density at radius 1 is 1.21 bits per heavy atom. The molecular weight excluding hydrogens is 326 g/mol. The number of aromatic nitrogens is 3. The molecule has 0 amide bonds. The third-order valence-corrected chi connectivity index (χ3v) is 4.58. The molecule has 0 aliphatic heterocycles. The van der Waals surface area contributed by atoms with E-state index >= 15 is 0 Å². The van der Waals surface area contributed by atoms with Crippen LogP contribution < -0.4 is 0 Å². The topological polar surface area (TPSA) is 70.2 Å². The van der Waals surface area contributed by atoms with Gasteiger partial charge in [-0.2, -0.15) is 0 Å². The van der Waals surface area contributed by atoms with E-state index in [0.717, 1.165) is 16.5 Å². The van der Waals surface area contributed by atoms with Crippen molar-refractivity contribution in [2.24, 2.45) is 7.05 Å². The number of rotatable bonds is 5. The molecule has 7 heteroatoms. The molecule has 0 saturated carbocycles. The lowest BCUT2D eigenvalue weighted by Crippen LogP contribution is -1.98. The fourth-order valence-corrected chi connectivity index (χ4v) is 3.00. The summed E-state index contributed by atoms with van der Waals surface area (Å²) in [5.74, 6) is 1.77. The van der Waals surface area contributed by atoms with Gasteiger partial charge >= 0.3 is 5.97 Å². The number of thioether (sulfide) groups is 1. The molecule has 0 aliphatic rings. The summed E-state index contributed by atoms with van der Waals surface area (Å²) in [5.41, 5.74) is 2.23. The van der Waals surface area contributed by atoms with Crippen LogP contribution in [0.3, 0.4) is 0 Å². The number of nitrogens with zero attached hydrogens (tertiary/aromatic N) is 3. The maximum absolute atomic E-state index is 11.4. The predicted molar refractivity (Wildman–Crippen MR) is 90.8 cm³/mol. The van der Waals surface area contributed by atoms with Crippen LogP contribution in [-0.2, 0) is 17.5 Å². The summed E-state index contributed by atoms with van der Waals surface area (Å²) in [6.45, 7) is 2.05. The summed E-state index contributed by atoms with van der Waals surface area (Å²) in [4.78, 5) is 11.4. The molecule has 1 aromatic carbocycles. The summed E-state index contributed by atoms with van der Waals surface area (Å²) in [5, 5.41) is 9.27. The number of benzene rings is 1. The van der Waals surface area contributed by atoms with Crippen molar-refractivity contribution in [3.8, 4) is 11.4 Å². The molecule has 6 nitrogen and oxygen atoms in total. The zero-order chi connectivity index (χ0) is 17.1. The Morgan fingerprint density at radius 2 is 1.96 bits per heavy atom. The van der Waals surface area contributed by atoms with E-state index in [-0.39, 0.29) is 5.76 Å². The van der Waals surface area contributed by atoms with Gasteiger partial charge < -0.3 is 13.7 Å². The predicted octanol–water partition coefficient (Wildman–Crippen LogP) is 3.46. The highest BCUT2D eigenvalue weighted by Crippen LogP contribution is 2.26. The van der Waals surface area contributed by atoms with E-state index in [0.29, 0.717) is 11.5 Å². The second-order valence-electron chi connectivity index (χ2n) is 5.28. The van der Waals surface area contributed by atoms with Crippen LogP contribution in [0, 0.1) is 6.92 Å². The molecule has 0 bridgehead atoms. The van der Waals surface area contributed by atoms with Gasteiger partial charge in [-0.25, -0.2) is 4.79 Å². The van der Waals surface area contributed by atoms with Crippen LogP contribution in [0.25, 0.3) is 11.4 Å². The van der Waals surface area contributed by atoms with Crippen LogP contribution in [-0.4, -0.2) is 27.8 Å². The van der Waals surface area contributed by atoms with Gasteiger partial charge in [0.05, 0.1) is 12.9 Å². The summed E-state index contributed by atoms with van der Waals surface area (Å²) in [6, 6.07) is 11.5. The fourth-order valence-electron chi connectivity index (χ4n) is 2.20. The molecule has 0 spiro atoms. The molecule has 3 aromatic rings. The van der Waals surface area contributed by atoms with E-state index in [1.807, 2.05) is 42.8 Å². The minimum atomic E-state index is -0.480. The minimum Gasteiger partial charge on any atom is -0.463 e. The average molecular weight is 343 g/mol. The van der Waals surface area contributed by atoms with E-state index < -0.39 is 5.97 Å². The Hall–Kier alpha value is -2.54. The van der Waals surface area contributed by atoms with E-state index in [1.54, 1.807) is 12.1 Å². The van der Waals surface area contributed by atoms with Crippen molar-refractivity contribution < 1.29 is 13.9 Å². The number of methoxy groups -OCH3 is 1. The van der Waals surface area contributed by atoms with E-state index in [1.165, 1.54) is 24.4 Å². The molecule has 124 valence electrons. The number of carbonyl (C=O) groups excluding carboxylic acids is 1. The standard InChI is InChI=1S/C17H17N3O3S/c1-11-4-6-12(7-5-11)15-18-19-17(20(15)2)24-10-13-8-9-14(23-13)16(21)22-3/h4-9H,10H2,1-3H3. The molecule has 3 rings (SSSR count). The maximum atomic E-state index is 11.4. The van der Waals surface area contributed by atoms with Gasteiger partial charge in [-0.15, -0.1) is 10.2 Å². The number of carbonyl (C=O) groups is 1. The molecule has 0 fully saturated rings. The number of aryl methyl sites for hydroxylation is 1. The van der Waals surface area contributed by atoms with Crippen LogP contribution in [0.5, 0.6) is 0 Å². The number of hydrogen-bond donors (Lipinski definition) is 0. The maximum Gasteiger partial charge on any atom is 0.373 e. The molecule has 0 unspecified atom stereocenters. The summed E-state index contributed by atoms with van der Waals surface area (Å²) in [7, 11) is 3.25. The van der Waals surface area contributed by atoms with Gasteiger partial charge in [0, 0.05) is 12.6 Å². The lowest BCUT2D eigenvalue weighted by atomic mass is 10.1. The highest BCUT2D eigenvalue weighted by molar-refractivity contribution is 7.98. The van der Waals surface area contributed by atoms with Gasteiger partial charge in [0.1, 0.15) is 5.76 Å². The fraction of sp³-hybridized carbons (Fsp3) is 0.235. The quantitative estimate of drug-likeness (QED) is 0.522. The first-order chi connectivity index (χ1) is 11.6. The molecule has 2 aromatic heterocycles. The number of esters is 1. The Bertz CT molecular complexity index is 852. The first kappa shape index (κ1) is 16.3. The van der Waals surface area contributed by atoms with Crippen LogP contribution >= 0.6 is 11.8 Å². The summed E-state index contributed by atoms with van der Waals surface area (Å²) >= 11 is 1.49. The van der Waals surface area contributed by atoms with E-state index in [9.17, 15) is 4.79 Å². The van der Waals surface area contributed by atoms with Gasteiger partial charge in [-0.05, 0) is 19.1 Å². The van der Waals surface area contributed by atoms with Crippen LogP contribution in [0.1, 0.15) is 21.9 Å². The first-order valence-corrected chi connectivity index (χ1v) is 8.33. The van der Waals surface area contributed by atoms with Crippen molar-refractivity contribution in [2.45, 2.75) is 17.8 Å². The van der Waals surface area contributed by atoms with Crippen LogP contribution in [0.4, 0.5) is 0 Å². The molecular formula is C17H17N3O3S. The Morgan fingerprint density at radius 3 is 2.67 bits per heavy atom. The molecule has 24 heavy (non-hydrogen) atoms. The normalized spacial score (nSPS) is 10.8. The highest BCUT2D eigenvalue weighted by atomic mass is 32.2. The van der Waals surface area contributed by atoms with Crippen molar-refractivity contribution in [1.29, 1.82) is 0 Å². The van der Waals surface area contributed by atoms with Crippen molar-refractivity contribution in [3.05, 3.63) is 53.5 Å². The lowest BCUT2D eigenvalue weighted by molar-refractivity contribution is 0.0563. The van der Waals surface area contributed by atoms with E-state index in [2.05, 4.69) is 14.9 Å². The zero-order valence-corrected chi connectivity index (χ0v) is 14.5. The van der Waals surface area contributed by atoms with Crippen molar-refractivity contribution in [2.75, 3.05) is 7.11 Å². The van der Waals surface area contributed by atoms with E-state index in [4.69, 9.17) is 4.42 Å². The van der Waals surface area contributed by atoms with Crippen molar-refractivity contribution in [1.82, 2.24) is 14.8 Å². The molecule has 0 aliphatic carbocycles. The molecule has 0 N–H and O–H groups in total. The average Bonchev–Trinajstić information content (AvgIpc) is 3.20. The van der Waals surface area contributed by atoms with Crippen molar-refractivity contribution >= 4 is 17.7 Å². The second-order valence-corrected chi connectivity index (χ2v) is 6.22. The largest absolute Gasteiger partial charge is 0.463 e. The highest BCUT2D eigenvalue weighted by Gasteiger charge is 2.14. The SMILES string of the molecule is COC(=O)c1ccc(CSc2nnc(-c3ccc(C)cc3)n2C)o1. The van der Waals surface area contributed by atoms with Crippen molar-refractivity contribution in [3.63, 3.8) is 0 Å². The smallest absolute Gasteiger partial charge is 0.373 e. The third-order valence-electron chi connectivity index (χ3n) is 3.54. The Kier molecular flexibility index (Phi) is 4.71. The first-order valence-electron chi connectivity index (χ1n) is 7.34. The summed E-state index contributed by atoms with van der Waals surface area (Å²) in [6.07, 6.45) is 0. The molecule has 0 atom stereocenters. The Balaban J connectivity index is 1.71. The van der Waals surface area contributed by atoms with Gasteiger partial charge in [0.2, 0.25) is 5.76 Å². The van der Waals surface area contributed by atoms with Gasteiger partial charge in [0.25, 0.3) is 0 Å². The molecule has 0 saturated heterocycles. The number of ether oxygens (including phenoxy) is 1. The minimum absolute atomic E-state index is 0.200. The number of hydrogen-bond acceptors (Lipinski definition) is 6. The van der Waals surface area contributed by atoms with Gasteiger partial charge in [-0.3, -0.25) is 0 Å². The van der Waals surface area contributed by atoms with Crippen LogP contribution in [0.2, 0.25) is 0 Å². The second kappa shape index (κ2) is 6.92.